The number of thiophene rings is 1. The number of halogens is 7. The Kier molecular flexibility index (Phi) is 8.19. The Labute approximate surface area is 300 Å². The van der Waals surface area contributed by atoms with Gasteiger partial charge in [-0.1, -0.05) is 23.7 Å². The van der Waals surface area contributed by atoms with Crippen LogP contribution in [-0.4, -0.2) is 70.6 Å². The molecule has 2 fully saturated rings. The fourth-order valence-electron chi connectivity index (χ4n) is 7.82. The molecule has 0 spiro atoms. The Hall–Kier alpha value is -4.79. The molecular formula is C34H27ClF6N8O2S. The molecule has 2 saturated heterocycles. The molecule has 10 nitrogen and oxygen atoms in total. The zero-order chi connectivity index (χ0) is 36.7. The van der Waals surface area contributed by atoms with Crippen LogP contribution in [0.15, 0.2) is 30.5 Å². The zero-order valence-electron chi connectivity index (χ0n) is 26.9. The lowest BCUT2D eigenvalue weighted by Gasteiger charge is -2.34. The molecule has 0 unspecified atom stereocenters. The van der Waals surface area contributed by atoms with Crippen molar-refractivity contribution in [3.05, 3.63) is 58.2 Å². The Morgan fingerprint density at radius 2 is 1.98 bits per heavy atom. The minimum absolute atomic E-state index is 0.00928. The first-order valence-corrected chi connectivity index (χ1v) is 17.3. The van der Waals surface area contributed by atoms with Crippen molar-refractivity contribution in [2.75, 3.05) is 49.2 Å². The van der Waals surface area contributed by atoms with Crippen LogP contribution in [0.2, 0.25) is 5.02 Å². The van der Waals surface area contributed by atoms with Gasteiger partial charge in [-0.3, -0.25) is 4.90 Å². The van der Waals surface area contributed by atoms with Gasteiger partial charge < -0.3 is 25.8 Å². The van der Waals surface area contributed by atoms with E-state index in [9.17, 15) is 9.65 Å². The molecule has 52 heavy (non-hydrogen) atoms. The van der Waals surface area contributed by atoms with E-state index in [1.54, 1.807) is 0 Å². The molecule has 5 aromatic rings. The lowest BCUT2D eigenvalue weighted by molar-refractivity contribution is -0.150. The summed E-state index contributed by atoms with van der Waals surface area (Å²) in [6.07, 6.45) is -3.24. The monoisotopic (exact) mass is 760 g/mol. The van der Waals surface area contributed by atoms with Crippen LogP contribution in [-0.2, 0) is 0 Å². The fraction of sp³-hybridized carbons (Fsp3) is 0.353. The van der Waals surface area contributed by atoms with Crippen LogP contribution in [0.4, 0.5) is 43.0 Å². The van der Waals surface area contributed by atoms with Gasteiger partial charge in [-0.25, -0.2) is 18.2 Å². The second-order valence-corrected chi connectivity index (χ2v) is 14.4. The molecule has 2 aromatic carbocycles. The number of rotatable bonds is 6. The van der Waals surface area contributed by atoms with Crippen LogP contribution < -0.4 is 25.8 Å². The third-order valence-electron chi connectivity index (χ3n) is 10.0. The molecule has 0 bridgehead atoms. The van der Waals surface area contributed by atoms with E-state index in [0.717, 1.165) is 28.7 Å². The van der Waals surface area contributed by atoms with Crippen LogP contribution in [0.3, 0.4) is 0 Å². The number of hydrogen-bond acceptors (Lipinski definition) is 11. The summed E-state index contributed by atoms with van der Waals surface area (Å²) in [5, 5.41) is 9.23. The number of nitrogens with two attached hydrogens (primary N) is 2. The van der Waals surface area contributed by atoms with Crippen molar-refractivity contribution < 1.29 is 35.8 Å². The van der Waals surface area contributed by atoms with E-state index in [4.69, 9.17) is 32.5 Å². The maximum atomic E-state index is 17.3. The summed E-state index contributed by atoms with van der Waals surface area (Å²) in [7, 11) is 0. The van der Waals surface area contributed by atoms with Crippen molar-refractivity contribution in [3.8, 4) is 29.0 Å². The number of benzene rings is 2. The number of alkyl halides is 4. The van der Waals surface area contributed by atoms with E-state index >= 15 is 22.0 Å². The summed E-state index contributed by atoms with van der Waals surface area (Å²) in [6.45, 7) is -0.0823. The molecule has 0 aliphatic carbocycles. The Balaban J connectivity index is 1.39. The van der Waals surface area contributed by atoms with Crippen LogP contribution >= 0.6 is 22.9 Å². The van der Waals surface area contributed by atoms with E-state index in [0.29, 0.717) is 13.0 Å². The molecule has 18 heteroatoms. The highest BCUT2D eigenvalue weighted by atomic mass is 35.5. The van der Waals surface area contributed by atoms with Crippen molar-refractivity contribution in [2.24, 2.45) is 0 Å². The number of hydrogen-bond donors (Lipinski definition) is 2. The first-order valence-electron chi connectivity index (χ1n) is 16.1. The van der Waals surface area contributed by atoms with Crippen LogP contribution in [0.1, 0.15) is 36.4 Å². The molecule has 270 valence electrons. The minimum Gasteiger partial charge on any atom is -0.489 e. The lowest BCUT2D eigenvalue weighted by Crippen LogP contribution is -2.43. The van der Waals surface area contributed by atoms with Gasteiger partial charge in [0.2, 0.25) is 0 Å². The predicted molar refractivity (Wildman–Crippen MR) is 183 cm³/mol. The van der Waals surface area contributed by atoms with Crippen LogP contribution in [0, 0.1) is 23.0 Å². The highest BCUT2D eigenvalue weighted by Crippen LogP contribution is 2.53. The summed E-state index contributed by atoms with van der Waals surface area (Å²) >= 11 is 7.69. The first kappa shape index (κ1) is 34.3. The molecule has 3 atom stereocenters. The van der Waals surface area contributed by atoms with Gasteiger partial charge in [-0.15, -0.1) is 11.3 Å². The zero-order valence-corrected chi connectivity index (χ0v) is 28.5. The quantitative estimate of drug-likeness (QED) is 0.169. The highest BCUT2D eigenvalue weighted by molar-refractivity contribution is 7.23. The number of aromatic nitrogens is 3. The van der Waals surface area contributed by atoms with E-state index < -0.39 is 59.5 Å². The third-order valence-corrected chi connectivity index (χ3v) is 11.4. The van der Waals surface area contributed by atoms with Crippen LogP contribution in [0.25, 0.3) is 32.1 Å². The average Bonchev–Trinajstić information content (AvgIpc) is 3.70. The molecule has 4 N–H and O–H groups in total. The van der Waals surface area contributed by atoms with E-state index in [2.05, 4.69) is 15.0 Å². The number of ether oxygens (including phenoxy) is 2. The minimum atomic E-state index is -4.96. The largest absolute Gasteiger partial charge is 0.489 e. The van der Waals surface area contributed by atoms with Gasteiger partial charge in [-0.2, -0.15) is 28.4 Å². The van der Waals surface area contributed by atoms with Gasteiger partial charge in [0.15, 0.2) is 17.6 Å². The lowest BCUT2D eigenvalue weighted by atomic mass is 9.95. The molecule has 0 radical (unpaired) electrons. The van der Waals surface area contributed by atoms with E-state index in [1.165, 1.54) is 24.4 Å². The highest BCUT2D eigenvalue weighted by Gasteiger charge is 2.50. The SMILES string of the molecule is N#Cc1c(N)sc2c(F)ccc(-c3c(Cl)c4c5c(nc(OC[C@@]67CCCN6C[C@H](F)C7)nc5c3F)N([C@@H](c3cccnc3N)C(F)(F)F)CCO4)c12. The summed E-state index contributed by atoms with van der Waals surface area (Å²) < 4.78 is 104. The second-order valence-electron chi connectivity index (χ2n) is 13.0. The summed E-state index contributed by atoms with van der Waals surface area (Å²) in [5.74, 6) is -2.88. The molecule has 0 amide bonds. The number of nitriles is 1. The molecular weight excluding hydrogens is 734 g/mol. The summed E-state index contributed by atoms with van der Waals surface area (Å²) in [5.41, 5.74) is 9.93. The first-order chi connectivity index (χ1) is 24.8. The van der Waals surface area contributed by atoms with Gasteiger partial charge >= 0.3 is 12.2 Å². The maximum Gasteiger partial charge on any atom is 0.413 e. The Morgan fingerprint density at radius 3 is 2.73 bits per heavy atom. The second kappa shape index (κ2) is 12.4. The number of fused-ring (bicyclic) bond motifs is 2. The number of nitrogens with zero attached hydrogens (tertiary/aromatic N) is 6. The Morgan fingerprint density at radius 1 is 1.17 bits per heavy atom. The van der Waals surface area contributed by atoms with Crippen LogP contribution in [0.5, 0.6) is 11.8 Å². The average molecular weight is 761 g/mol. The maximum absolute atomic E-state index is 17.3. The third kappa shape index (κ3) is 5.29. The van der Waals surface area contributed by atoms with Crippen molar-refractivity contribution in [1.82, 2.24) is 19.9 Å². The predicted octanol–water partition coefficient (Wildman–Crippen LogP) is 7.33. The van der Waals surface area contributed by atoms with E-state index in [-0.39, 0.29) is 85.5 Å². The topological polar surface area (TPSA) is 139 Å². The Bertz CT molecular complexity index is 2320. The van der Waals surface area contributed by atoms with Crippen molar-refractivity contribution >= 4 is 60.6 Å². The summed E-state index contributed by atoms with van der Waals surface area (Å²) in [4.78, 5) is 15.5. The molecule has 0 saturated carbocycles. The van der Waals surface area contributed by atoms with Gasteiger partial charge in [0.25, 0.3) is 0 Å². The van der Waals surface area contributed by atoms with Crippen molar-refractivity contribution in [3.63, 3.8) is 0 Å². The number of pyridine rings is 1. The van der Waals surface area contributed by atoms with Gasteiger partial charge in [0, 0.05) is 35.7 Å². The van der Waals surface area contributed by atoms with E-state index in [1.807, 2.05) is 11.0 Å². The van der Waals surface area contributed by atoms with Crippen molar-refractivity contribution in [1.29, 1.82) is 5.26 Å². The molecule has 8 rings (SSSR count). The fourth-order valence-corrected chi connectivity index (χ4v) is 9.10. The standard InChI is InChI=1S/C34H27ClF6N8O2S/c35-23-21(16-4-5-19(37)27-20(16)18(12-42)30(44)52-27)24(38)25-22-26(23)50-10-9-49(28(34(39,40)41)17-3-1-7-45-29(17)43)31(22)47-32(46-25)51-14-33-6-2-8-48(33)13-15(36)11-33/h1,3-5,7,15,28H,2,6,8-11,13-14,44H2,(H2,43,45)/t15-,28+,33+/m1/s1. The van der Waals surface area contributed by atoms with Crippen molar-refractivity contribution in [2.45, 2.75) is 43.2 Å². The smallest absolute Gasteiger partial charge is 0.413 e. The van der Waals surface area contributed by atoms with Gasteiger partial charge in [0.05, 0.1) is 32.8 Å². The normalized spacial score (nSPS) is 20.9. The number of nitrogen functional groups attached to an aromatic ring is 2. The molecule has 3 aliphatic heterocycles. The molecule has 3 aromatic heterocycles. The van der Waals surface area contributed by atoms with Gasteiger partial charge in [0.1, 0.15) is 53.4 Å². The van der Waals surface area contributed by atoms with Gasteiger partial charge in [-0.05, 0) is 37.1 Å². The number of anilines is 3. The molecule has 6 heterocycles. The summed E-state index contributed by atoms with van der Waals surface area (Å²) in [6, 6.07) is 3.80. The molecule has 3 aliphatic rings.